The summed E-state index contributed by atoms with van der Waals surface area (Å²) in [6.45, 7) is 3.28. The van der Waals surface area contributed by atoms with Gasteiger partial charge >= 0.3 is 6.18 Å². The van der Waals surface area contributed by atoms with E-state index < -0.39 is 11.7 Å². The lowest BCUT2D eigenvalue weighted by Crippen LogP contribution is -2.23. The van der Waals surface area contributed by atoms with Crippen LogP contribution >= 0.6 is 0 Å². The quantitative estimate of drug-likeness (QED) is 0.573. The Kier molecular flexibility index (Phi) is 7.14. The molecule has 0 bridgehead atoms. The van der Waals surface area contributed by atoms with E-state index >= 15 is 0 Å². The summed E-state index contributed by atoms with van der Waals surface area (Å²) >= 11 is 0. The Balaban J connectivity index is 1.64. The molecule has 0 unspecified atom stereocenters. The van der Waals surface area contributed by atoms with Gasteiger partial charge in [-0.1, -0.05) is 12.1 Å². The Labute approximate surface area is 183 Å². The first-order chi connectivity index (χ1) is 15.1. The number of aromatic nitrogens is 3. The Hall–Kier alpha value is -3.40. The zero-order valence-electron chi connectivity index (χ0n) is 18.0. The van der Waals surface area contributed by atoms with E-state index in [4.69, 9.17) is 4.74 Å². The first-order valence-electron chi connectivity index (χ1n) is 9.88. The van der Waals surface area contributed by atoms with E-state index in [2.05, 4.69) is 15.4 Å². The molecule has 32 heavy (non-hydrogen) atoms. The van der Waals surface area contributed by atoms with Crippen LogP contribution < -0.4 is 10.1 Å². The lowest BCUT2D eigenvalue weighted by molar-refractivity contribution is -0.137. The lowest BCUT2D eigenvalue weighted by atomic mass is 10.2. The molecule has 0 aliphatic heterocycles. The van der Waals surface area contributed by atoms with E-state index in [1.54, 1.807) is 6.92 Å². The molecule has 3 aromatic rings. The number of rotatable bonds is 8. The molecule has 0 saturated carbocycles. The molecule has 1 aromatic carbocycles. The molecule has 10 heteroatoms. The summed E-state index contributed by atoms with van der Waals surface area (Å²) in [6, 6.07) is 9.58. The highest BCUT2D eigenvalue weighted by Crippen LogP contribution is 2.28. The minimum atomic E-state index is -4.47. The molecule has 1 N–H and O–H groups in total. The predicted octanol–water partition coefficient (Wildman–Crippen LogP) is 3.46. The largest absolute Gasteiger partial charge is 0.492 e. The van der Waals surface area contributed by atoms with Crippen molar-refractivity contribution in [1.82, 2.24) is 25.0 Å². The molecule has 0 radical (unpaired) electrons. The number of nitrogens with zero attached hydrogens (tertiary/aromatic N) is 4. The third-order valence-electron chi connectivity index (χ3n) is 4.71. The van der Waals surface area contributed by atoms with Gasteiger partial charge in [-0.15, -0.1) is 0 Å². The second-order valence-corrected chi connectivity index (χ2v) is 7.44. The molecular formula is C22H24F3N5O2. The smallest absolute Gasteiger partial charge is 0.417 e. The second kappa shape index (κ2) is 9.82. The fourth-order valence-electron chi connectivity index (χ4n) is 2.91. The van der Waals surface area contributed by atoms with Gasteiger partial charge in [0.15, 0.2) is 5.82 Å². The molecule has 0 aliphatic rings. The van der Waals surface area contributed by atoms with Crippen LogP contribution in [0.4, 0.5) is 13.2 Å². The summed E-state index contributed by atoms with van der Waals surface area (Å²) in [6.07, 6.45) is -2.36. The zero-order chi connectivity index (χ0) is 23.3. The number of likely N-dealkylation sites (N-methyl/N-ethyl adjacent to an activating group) is 1. The van der Waals surface area contributed by atoms with Gasteiger partial charge in [0.05, 0.1) is 23.0 Å². The van der Waals surface area contributed by atoms with Gasteiger partial charge in [-0.3, -0.25) is 4.79 Å². The van der Waals surface area contributed by atoms with Crippen LogP contribution in [0.15, 0.2) is 48.8 Å². The summed E-state index contributed by atoms with van der Waals surface area (Å²) in [5.74, 6) is 0.563. The van der Waals surface area contributed by atoms with Gasteiger partial charge in [-0.25, -0.2) is 9.67 Å². The van der Waals surface area contributed by atoms with E-state index in [9.17, 15) is 18.0 Å². The number of pyridine rings is 1. The monoisotopic (exact) mass is 447 g/mol. The maximum absolute atomic E-state index is 12.7. The number of hydrogen-bond acceptors (Lipinski definition) is 5. The van der Waals surface area contributed by atoms with E-state index in [0.717, 1.165) is 30.1 Å². The Bertz CT molecular complexity index is 1060. The van der Waals surface area contributed by atoms with Crippen LogP contribution in [0.25, 0.3) is 5.82 Å². The lowest BCUT2D eigenvalue weighted by Gasteiger charge is -2.12. The summed E-state index contributed by atoms with van der Waals surface area (Å²) < 4.78 is 45.2. The van der Waals surface area contributed by atoms with Crippen molar-refractivity contribution in [3.05, 3.63) is 71.2 Å². The normalized spacial score (nSPS) is 11.6. The number of carbonyl (C=O) groups is 1. The van der Waals surface area contributed by atoms with Crippen LogP contribution in [0, 0.1) is 6.92 Å². The van der Waals surface area contributed by atoms with E-state index in [-0.39, 0.29) is 18.3 Å². The topological polar surface area (TPSA) is 72.3 Å². The van der Waals surface area contributed by atoms with Gasteiger partial charge < -0.3 is 15.0 Å². The summed E-state index contributed by atoms with van der Waals surface area (Å²) in [5, 5.41) is 6.93. The molecule has 0 fully saturated rings. The Morgan fingerprint density at radius 1 is 1.19 bits per heavy atom. The summed E-state index contributed by atoms with van der Waals surface area (Å²) in [4.78, 5) is 18.5. The molecule has 1 amide bonds. The number of carbonyl (C=O) groups excluding carboxylic acids is 1. The van der Waals surface area contributed by atoms with Crippen molar-refractivity contribution in [2.45, 2.75) is 19.6 Å². The molecule has 0 atom stereocenters. The fraction of sp³-hybridized carbons (Fsp3) is 0.318. The van der Waals surface area contributed by atoms with Crippen molar-refractivity contribution in [3.8, 4) is 11.6 Å². The highest BCUT2D eigenvalue weighted by atomic mass is 19.4. The maximum Gasteiger partial charge on any atom is 0.417 e. The molecule has 2 aromatic heterocycles. The number of nitrogens with one attached hydrogen (secondary N) is 1. The standard InChI is InChI=1S/C22H24F3N5O2/c1-15-19(14-28-30(15)20-8-7-17(13-26-20)22(23,24)25)21(31)27-12-16-5-4-6-18(11-16)32-10-9-29(2)3/h4-8,11,13-14H,9-10,12H2,1-3H3,(H,27,31). The average Bonchev–Trinajstić information content (AvgIpc) is 3.13. The number of amides is 1. The van der Waals surface area contributed by atoms with E-state index in [0.29, 0.717) is 17.9 Å². The van der Waals surface area contributed by atoms with Crippen molar-refractivity contribution in [2.75, 3.05) is 27.2 Å². The molecule has 0 saturated heterocycles. The number of halogens is 3. The van der Waals surface area contributed by atoms with Crippen LogP contribution in [0.5, 0.6) is 5.75 Å². The molecule has 7 nitrogen and oxygen atoms in total. The second-order valence-electron chi connectivity index (χ2n) is 7.44. The van der Waals surface area contributed by atoms with Crippen LogP contribution in [0.2, 0.25) is 0 Å². The minimum absolute atomic E-state index is 0.192. The van der Waals surface area contributed by atoms with E-state index in [1.165, 1.54) is 16.9 Å². The van der Waals surface area contributed by atoms with Gasteiger partial charge in [-0.2, -0.15) is 18.3 Å². The Morgan fingerprint density at radius 2 is 1.97 bits per heavy atom. The summed E-state index contributed by atoms with van der Waals surface area (Å²) in [7, 11) is 3.93. The van der Waals surface area contributed by atoms with Crippen molar-refractivity contribution >= 4 is 5.91 Å². The first-order valence-corrected chi connectivity index (χ1v) is 9.88. The third-order valence-corrected chi connectivity index (χ3v) is 4.71. The molecule has 2 heterocycles. The maximum atomic E-state index is 12.7. The van der Waals surface area contributed by atoms with Gasteiger partial charge in [0.25, 0.3) is 5.91 Å². The third kappa shape index (κ3) is 5.85. The SMILES string of the molecule is Cc1c(C(=O)NCc2cccc(OCCN(C)C)c2)cnn1-c1ccc(C(F)(F)F)cn1. The molecule has 0 spiro atoms. The fourth-order valence-corrected chi connectivity index (χ4v) is 2.91. The number of alkyl halides is 3. The van der Waals surface area contributed by atoms with Crippen molar-refractivity contribution in [3.63, 3.8) is 0 Å². The van der Waals surface area contributed by atoms with Gasteiger partial charge in [0.2, 0.25) is 0 Å². The molecular weight excluding hydrogens is 423 g/mol. The van der Waals surface area contributed by atoms with Gasteiger partial charge in [0.1, 0.15) is 12.4 Å². The Morgan fingerprint density at radius 3 is 2.62 bits per heavy atom. The number of benzene rings is 1. The number of ether oxygens (including phenoxy) is 1. The predicted molar refractivity (Wildman–Crippen MR) is 113 cm³/mol. The zero-order valence-corrected chi connectivity index (χ0v) is 18.0. The van der Waals surface area contributed by atoms with Crippen molar-refractivity contribution in [2.24, 2.45) is 0 Å². The van der Waals surface area contributed by atoms with E-state index in [1.807, 2.05) is 43.3 Å². The van der Waals surface area contributed by atoms with Gasteiger partial charge in [-0.05, 0) is 50.8 Å². The average molecular weight is 447 g/mol. The first kappa shape index (κ1) is 23.3. The molecule has 3 rings (SSSR count). The van der Waals surface area contributed by atoms with Crippen LogP contribution in [-0.2, 0) is 12.7 Å². The highest BCUT2D eigenvalue weighted by molar-refractivity contribution is 5.95. The van der Waals surface area contributed by atoms with Crippen LogP contribution in [-0.4, -0.2) is 52.8 Å². The van der Waals surface area contributed by atoms with Crippen LogP contribution in [0.1, 0.15) is 27.2 Å². The highest BCUT2D eigenvalue weighted by Gasteiger charge is 2.30. The molecule has 170 valence electrons. The minimum Gasteiger partial charge on any atom is -0.492 e. The van der Waals surface area contributed by atoms with Crippen molar-refractivity contribution in [1.29, 1.82) is 0 Å². The summed E-state index contributed by atoms with van der Waals surface area (Å²) in [5.41, 5.74) is 0.799. The van der Waals surface area contributed by atoms with Gasteiger partial charge in [0, 0.05) is 19.3 Å². The van der Waals surface area contributed by atoms with Crippen LogP contribution in [0.3, 0.4) is 0 Å². The van der Waals surface area contributed by atoms with Crippen molar-refractivity contribution < 1.29 is 22.7 Å². The number of hydrogen-bond donors (Lipinski definition) is 1. The molecule has 0 aliphatic carbocycles.